The number of sulfone groups is 1. The van der Waals surface area contributed by atoms with Gasteiger partial charge in [-0.2, -0.15) is 0 Å². The number of ketones is 1. The fourth-order valence-electron chi connectivity index (χ4n) is 1.74. The van der Waals surface area contributed by atoms with Crippen LogP contribution in [0.25, 0.3) is 0 Å². The molecule has 1 fully saturated rings. The van der Waals surface area contributed by atoms with Crippen LogP contribution < -0.4 is 5.11 Å². The van der Waals surface area contributed by atoms with E-state index in [9.17, 15) is 23.1 Å². The summed E-state index contributed by atoms with van der Waals surface area (Å²) >= 11 is 0. The molecule has 2 atom stereocenters. The first-order valence-corrected chi connectivity index (χ1v) is 6.07. The van der Waals surface area contributed by atoms with Crippen LogP contribution in [0.15, 0.2) is 0 Å². The van der Waals surface area contributed by atoms with Crippen LogP contribution in [0.4, 0.5) is 0 Å². The number of hydrogen-bond donors (Lipinski definition) is 0. The van der Waals surface area contributed by atoms with Gasteiger partial charge in [0.05, 0.1) is 22.9 Å². The van der Waals surface area contributed by atoms with Gasteiger partial charge in [-0.3, -0.25) is 4.79 Å². The molecule has 1 aliphatic rings. The van der Waals surface area contributed by atoms with Crippen LogP contribution >= 0.6 is 0 Å². The van der Waals surface area contributed by atoms with Crippen LogP contribution in [0.1, 0.15) is 19.8 Å². The van der Waals surface area contributed by atoms with Crippen LogP contribution in [0.3, 0.4) is 0 Å². The summed E-state index contributed by atoms with van der Waals surface area (Å²) in [5, 5.41) is 9.52. The number of carboxylic acids is 1. The monoisotopic (exact) mass is 219 g/mol. The Balaban J connectivity index is 3.10. The average Bonchev–Trinajstić information content (AvgIpc) is 2.07. The zero-order valence-electron chi connectivity index (χ0n) is 7.73. The molecule has 6 heteroatoms. The molecule has 14 heavy (non-hydrogen) atoms. The van der Waals surface area contributed by atoms with Gasteiger partial charge in [0.25, 0.3) is 0 Å². The van der Waals surface area contributed by atoms with Crippen LogP contribution in [-0.2, 0) is 19.4 Å². The van der Waals surface area contributed by atoms with Crippen molar-refractivity contribution in [3.8, 4) is 0 Å². The molecule has 0 aliphatic carbocycles. The Labute approximate surface area is 82.0 Å². The first kappa shape index (κ1) is 11.2. The van der Waals surface area contributed by atoms with E-state index in [4.69, 9.17) is 0 Å². The fourth-order valence-corrected chi connectivity index (χ4v) is 3.71. The third kappa shape index (κ3) is 1.79. The molecule has 0 bridgehead atoms. The lowest BCUT2D eigenvalue weighted by atomic mass is 9.96. The highest BCUT2D eigenvalue weighted by Gasteiger charge is 2.41. The van der Waals surface area contributed by atoms with Gasteiger partial charge < -0.3 is 9.90 Å². The van der Waals surface area contributed by atoms with Crippen LogP contribution in [0.2, 0.25) is 0 Å². The van der Waals surface area contributed by atoms with E-state index in [1.165, 1.54) is 0 Å². The maximum atomic E-state index is 11.4. The molecule has 0 saturated carbocycles. The van der Waals surface area contributed by atoms with E-state index in [1.54, 1.807) is 6.92 Å². The molecule has 0 aromatic heterocycles. The van der Waals surface area contributed by atoms with Crippen LogP contribution in [0, 0.1) is 5.92 Å². The number of aliphatic carboxylic acids is 1. The standard InChI is InChI=1S/C8H12O5S/c1-2-6-7(8(10)11)5(9)3-4-14(6,12)13/h6-7H,2-4H2,1H3,(H,10,11)/p-1. The van der Waals surface area contributed by atoms with E-state index in [0.29, 0.717) is 0 Å². The summed E-state index contributed by atoms with van der Waals surface area (Å²) in [7, 11) is -3.44. The minimum atomic E-state index is -3.44. The Bertz CT molecular complexity index is 356. The largest absolute Gasteiger partial charge is 0.549 e. The minimum Gasteiger partial charge on any atom is -0.549 e. The normalized spacial score (nSPS) is 31.4. The molecule has 0 N–H and O–H groups in total. The van der Waals surface area contributed by atoms with Gasteiger partial charge in [-0.25, -0.2) is 8.42 Å². The maximum Gasteiger partial charge on any atom is 0.154 e. The summed E-state index contributed by atoms with van der Waals surface area (Å²) in [5.74, 6) is -3.83. The molecule has 1 aliphatic heterocycles. The van der Waals surface area contributed by atoms with Gasteiger partial charge in [0, 0.05) is 6.42 Å². The summed E-state index contributed by atoms with van der Waals surface area (Å²) in [6.07, 6.45) is -0.0792. The predicted octanol–water partition coefficient (Wildman–Crippen LogP) is -1.48. The Morgan fingerprint density at radius 2 is 2.14 bits per heavy atom. The number of carboxylic acid groups (broad SMARTS) is 1. The number of carbonyl (C=O) groups is 2. The summed E-state index contributed by atoms with van der Waals surface area (Å²) in [6, 6.07) is 0. The van der Waals surface area contributed by atoms with Crippen molar-refractivity contribution in [2.24, 2.45) is 5.92 Å². The van der Waals surface area contributed by atoms with Gasteiger partial charge >= 0.3 is 0 Å². The molecule has 2 unspecified atom stereocenters. The molecule has 0 radical (unpaired) electrons. The molecule has 0 aromatic carbocycles. The SMILES string of the molecule is CCC1C(C(=O)[O-])C(=O)CCS1(=O)=O. The zero-order chi connectivity index (χ0) is 10.9. The zero-order valence-corrected chi connectivity index (χ0v) is 8.54. The van der Waals surface area contributed by atoms with Crippen molar-refractivity contribution in [3.05, 3.63) is 0 Å². The number of hydrogen-bond acceptors (Lipinski definition) is 5. The van der Waals surface area contributed by atoms with E-state index < -0.39 is 32.8 Å². The van der Waals surface area contributed by atoms with Gasteiger partial charge in [-0.1, -0.05) is 6.92 Å². The van der Waals surface area contributed by atoms with Crippen molar-refractivity contribution in [3.63, 3.8) is 0 Å². The molecule has 1 heterocycles. The topological polar surface area (TPSA) is 91.3 Å². The van der Waals surface area contributed by atoms with Crippen LogP contribution in [0.5, 0.6) is 0 Å². The molecular formula is C8H11O5S-. The second-order valence-corrected chi connectivity index (χ2v) is 5.67. The van der Waals surface area contributed by atoms with Gasteiger partial charge in [0.15, 0.2) is 9.84 Å². The van der Waals surface area contributed by atoms with Gasteiger partial charge in [0.1, 0.15) is 5.78 Å². The summed E-state index contributed by atoms with van der Waals surface area (Å²) in [5.41, 5.74) is 0. The average molecular weight is 219 g/mol. The second-order valence-electron chi connectivity index (χ2n) is 3.33. The third-order valence-corrected chi connectivity index (χ3v) is 4.77. The number of Topliss-reactive ketones (excluding diaryl/α,β-unsaturated/α-hetero) is 1. The number of carbonyl (C=O) groups excluding carboxylic acids is 2. The molecular weight excluding hydrogens is 208 g/mol. The molecule has 0 aromatic rings. The number of rotatable bonds is 2. The Morgan fingerprint density at radius 3 is 2.50 bits per heavy atom. The fraction of sp³-hybridized carbons (Fsp3) is 0.750. The highest BCUT2D eigenvalue weighted by atomic mass is 32.2. The Hall–Kier alpha value is -0.910. The first-order chi connectivity index (χ1) is 6.40. The van der Waals surface area contributed by atoms with E-state index >= 15 is 0 Å². The lowest BCUT2D eigenvalue weighted by Crippen LogP contribution is -2.50. The van der Waals surface area contributed by atoms with Crippen LogP contribution in [-0.4, -0.2) is 31.2 Å². The van der Waals surface area contributed by atoms with Crippen molar-refractivity contribution < 1.29 is 23.1 Å². The molecule has 5 nitrogen and oxygen atoms in total. The first-order valence-electron chi connectivity index (χ1n) is 4.35. The minimum absolute atomic E-state index is 0.132. The lowest BCUT2D eigenvalue weighted by Gasteiger charge is -2.29. The second kappa shape index (κ2) is 3.68. The molecule has 0 spiro atoms. The molecule has 0 amide bonds. The predicted molar refractivity (Wildman–Crippen MR) is 46.0 cm³/mol. The van der Waals surface area contributed by atoms with Crippen molar-refractivity contribution in [2.75, 3.05) is 5.75 Å². The molecule has 1 saturated heterocycles. The summed E-state index contributed by atoms with van der Waals surface area (Å²) in [6.45, 7) is 1.55. The molecule has 1 rings (SSSR count). The smallest absolute Gasteiger partial charge is 0.154 e. The summed E-state index contributed by atoms with van der Waals surface area (Å²) < 4.78 is 22.9. The summed E-state index contributed by atoms with van der Waals surface area (Å²) in [4.78, 5) is 21.8. The van der Waals surface area contributed by atoms with Crippen molar-refractivity contribution >= 4 is 21.6 Å². The van der Waals surface area contributed by atoms with Gasteiger partial charge in [-0.05, 0) is 6.42 Å². The van der Waals surface area contributed by atoms with E-state index in [-0.39, 0.29) is 18.6 Å². The molecule has 80 valence electrons. The van der Waals surface area contributed by atoms with E-state index in [1.807, 2.05) is 0 Å². The quantitative estimate of drug-likeness (QED) is 0.528. The van der Waals surface area contributed by atoms with Gasteiger partial charge in [0.2, 0.25) is 0 Å². The van der Waals surface area contributed by atoms with Gasteiger partial charge in [-0.15, -0.1) is 0 Å². The Morgan fingerprint density at radius 1 is 1.57 bits per heavy atom. The lowest BCUT2D eigenvalue weighted by molar-refractivity contribution is -0.310. The Kier molecular flexibility index (Phi) is 2.94. The van der Waals surface area contributed by atoms with E-state index in [0.717, 1.165) is 0 Å². The van der Waals surface area contributed by atoms with Crippen molar-refractivity contribution in [2.45, 2.75) is 25.0 Å². The third-order valence-electron chi connectivity index (χ3n) is 2.47. The highest BCUT2D eigenvalue weighted by Crippen LogP contribution is 2.25. The van der Waals surface area contributed by atoms with E-state index in [2.05, 4.69) is 0 Å². The maximum absolute atomic E-state index is 11.4. The van der Waals surface area contributed by atoms with Crippen molar-refractivity contribution in [1.29, 1.82) is 0 Å². The highest BCUT2D eigenvalue weighted by molar-refractivity contribution is 7.92. The van der Waals surface area contributed by atoms with Crippen molar-refractivity contribution in [1.82, 2.24) is 0 Å².